The Morgan fingerprint density at radius 3 is 3.15 bits per heavy atom. The molecule has 0 aliphatic carbocycles. The molecule has 1 N–H and O–H groups in total. The Bertz CT molecular complexity index is 304. The van der Waals surface area contributed by atoms with Crippen molar-refractivity contribution in [1.29, 1.82) is 0 Å². The third kappa shape index (κ3) is 3.40. The molecule has 1 heterocycles. The molecule has 0 saturated heterocycles. The van der Waals surface area contributed by atoms with Gasteiger partial charge in [0.15, 0.2) is 0 Å². The first-order valence-electron chi connectivity index (χ1n) is 3.62. The van der Waals surface area contributed by atoms with Gasteiger partial charge in [0.25, 0.3) is 0 Å². The smallest absolute Gasteiger partial charge is 0.250 e. The number of halogens is 1. The van der Waals surface area contributed by atoms with Crippen molar-refractivity contribution in [3.05, 3.63) is 23.5 Å². The van der Waals surface area contributed by atoms with Crippen LogP contribution in [0.1, 0.15) is 0 Å². The van der Waals surface area contributed by atoms with Crippen molar-refractivity contribution in [3.8, 4) is 0 Å². The van der Waals surface area contributed by atoms with Crippen molar-refractivity contribution in [2.24, 2.45) is 0 Å². The lowest BCUT2D eigenvalue weighted by Crippen LogP contribution is -2.16. The molecular weight excluding hydrogens is 192 g/mol. The van der Waals surface area contributed by atoms with Gasteiger partial charge in [0, 0.05) is 19.0 Å². The van der Waals surface area contributed by atoms with Gasteiger partial charge in [-0.3, -0.25) is 4.79 Å². The van der Waals surface area contributed by atoms with Crippen LogP contribution in [0.15, 0.2) is 18.3 Å². The number of rotatable bonds is 3. The fourth-order valence-electron chi connectivity index (χ4n) is 0.808. The summed E-state index contributed by atoms with van der Waals surface area (Å²) in [7, 11) is 1.46. The number of carbonyl (C=O) groups excluding carboxylic acids is 1. The summed E-state index contributed by atoms with van der Waals surface area (Å²) in [6, 6.07) is 3.22. The molecule has 0 aromatic carbocycles. The van der Waals surface area contributed by atoms with Crippen LogP contribution in [-0.4, -0.2) is 24.6 Å². The molecule has 0 spiro atoms. The highest BCUT2D eigenvalue weighted by Gasteiger charge is 2.00. The Kier molecular flexibility index (Phi) is 3.67. The number of nitrogens with one attached hydrogen (secondary N) is 1. The number of carbonyl (C=O) groups is 1. The number of hydrogen-bond acceptors (Lipinski definition) is 3. The first-order valence-corrected chi connectivity index (χ1v) is 4.00. The minimum atomic E-state index is -0.218. The second-order valence-electron chi connectivity index (χ2n) is 2.35. The number of hydrogen-bond donors (Lipinski definition) is 1. The summed E-state index contributed by atoms with van der Waals surface area (Å²) in [6.45, 7) is 0.0277. The maximum atomic E-state index is 11.0. The molecule has 0 atom stereocenters. The largest absolute Gasteiger partial charge is 0.375 e. The SMILES string of the molecule is COCC(=O)Nc1ccnc(Cl)c1. The number of pyridine rings is 1. The molecule has 1 amide bonds. The van der Waals surface area contributed by atoms with E-state index in [4.69, 9.17) is 11.6 Å². The standard InChI is InChI=1S/C8H9ClN2O2/c1-13-5-8(12)11-6-2-3-10-7(9)4-6/h2-4H,5H2,1H3,(H,10,11,12). The zero-order valence-electron chi connectivity index (χ0n) is 7.08. The van der Waals surface area contributed by atoms with Gasteiger partial charge >= 0.3 is 0 Å². The first-order chi connectivity index (χ1) is 6.22. The Labute approximate surface area is 80.9 Å². The number of nitrogens with zero attached hydrogens (tertiary/aromatic N) is 1. The predicted molar refractivity (Wildman–Crippen MR) is 49.8 cm³/mol. The van der Waals surface area contributed by atoms with Gasteiger partial charge < -0.3 is 10.1 Å². The number of aromatic nitrogens is 1. The minimum absolute atomic E-state index is 0.0277. The number of ether oxygens (including phenoxy) is 1. The summed E-state index contributed by atoms with van der Waals surface area (Å²) < 4.78 is 4.65. The average Bonchev–Trinajstić information content (AvgIpc) is 2.04. The fourth-order valence-corrected chi connectivity index (χ4v) is 0.982. The van der Waals surface area contributed by atoms with E-state index in [0.717, 1.165) is 0 Å². The van der Waals surface area contributed by atoms with Gasteiger partial charge in [-0.2, -0.15) is 0 Å². The monoisotopic (exact) mass is 200 g/mol. The lowest BCUT2D eigenvalue weighted by atomic mass is 10.4. The maximum absolute atomic E-state index is 11.0. The second-order valence-corrected chi connectivity index (χ2v) is 2.74. The van der Waals surface area contributed by atoms with E-state index < -0.39 is 0 Å². The highest BCUT2D eigenvalue weighted by molar-refractivity contribution is 6.29. The molecule has 0 fully saturated rings. The van der Waals surface area contributed by atoms with E-state index in [9.17, 15) is 4.79 Å². The van der Waals surface area contributed by atoms with E-state index in [1.807, 2.05) is 0 Å². The lowest BCUT2D eigenvalue weighted by Gasteiger charge is -2.03. The molecular formula is C8H9ClN2O2. The van der Waals surface area contributed by atoms with Crippen LogP contribution in [0.4, 0.5) is 5.69 Å². The second kappa shape index (κ2) is 4.79. The van der Waals surface area contributed by atoms with E-state index in [-0.39, 0.29) is 12.5 Å². The molecule has 4 nitrogen and oxygen atoms in total. The summed E-state index contributed by atoms with van der Waals surface area (Å²) in [6.07, 6.45) is 1.52. The van der Waals surface area contributed by atoms with Crippen LogP contribution in [0.5, 0.6) is 0 Å². The van der Waals surface area contributed by atoms with Crippen LogP contribution in [0, 0.1) is 0 Å². The quantitative estimate of drug-likeness (QED) is 0.749. The molecule has 0 saturated carbocycles. The Balaban J connectivity index is 2.58. The van der Waals surface area contributed by atoms with Gasteiger partial charge in [0.1, 0.15) is 11.8 Å². The summed E-state index contributed by atoms with van der Waals surface area (Å²) in [5.74, 6) is -0.218. The topological polar surface area (TPSA) is 51.2 Å². The van der Waals surface area contributed by atoms with Gasteiger partial charge in [0.2, 0.25) is 5.91 Å². The van der Waals surface area contributed by atoms with Crippen molar-refractivity contribution in [2.75, 3.05) is 19.0 Å². The van der Waals surface area contributed by atoms with E-state index in [2.05, 4.69) is 15.0 Å². The lowest BCUT2D eigenvalue weighted by molar-refractivity contribution is -0.119. The highest BCUT2D eigenvalue weighted by Crippen LogP contribution is 2.11. The molecule has 1 rings (SSSR count). The maximum Gasteiger partial charge on any atom is 0.250 e. The third-order valence-corrected chi connectivity index (χ3v) is 1.49. The Hall–Kier alpha value is -1.13. The Morgan fingerprint density at radius 2 is 2.54 bits per heavy atom. The molecule has 0 radical (unpaired) electrons. The van der Waals surface area contributed by atoms with Crippen molar-refractivity contribution < 1.29 is 9.53 Å². The predicted octanol–water partition coefficient (Wildman–Crippen LogP) is 1.32. The van der Waals surface area contributed by atoms with Gasteiger partial charge in [-0.25, -0.2) is 4.98 Å². The summed E-state index contributed by atoms with van der Waals surface area (Å²) in [5, 5.41) is 2.94. The van der Waals surface area contributed by atoms with Crippen molar-refractivity contribution in [1.82, 2.24) is 4.98 Å². The van der Waals surface area contributed by atoms with Crippen LogP contribution in [0.3, 0.4) is 0 Å². The molecule has 1 aromatic heterocycles. The highest BCUT2D eigenvalue weighted by atomic mass is 35.5. The van der Waals surface area contributed by atoms with Gasteiger partial charge in [0.05, 0.1) is 0 Å². The summed E-state index contributed by atoms with van der Waals surface area (Å²) in [5.41, 5.74) is 0.613. The molecule has 1 aromatic rings. The van der Waals surface area contributed by atoms with Crippen LogP contribution >= 0.6 is 11.6 Å². The summed E-state index contributed by atoms with van der Waals surface area (Å²) in [4.78, 5) is 14.8. The minimum Gasteiger partial charge on any atom is -0.375 e. The number of methoxy groups -OCH3 is 1. The Morgan fingerprint density at radius 1 is 1.77 bits per heavy atom. The molecule has 0 aliphatic heterocycles. The fraction of sp³-hybridized carbons (Fsp3) is 0.250. The molecule has 13 heavy (non-hydrogen) atoms. The van der Waals surface area contributed by atoms with Crippen LogP contribution in [0.2, 0.25) is 5.15 Å². The van der Waals surface area contributed by atoms with Crippen LogP contribution < -0.4 is 5.32 Å². The van der Waals surface area contributed by atoms with E-state index in [1.165, 1.54) is 13.3 Å². The summed E-state index contributed by atoms with van der Waals surface area (Å²) >= 11 is 5.61. The molecule has 0 unspecified atom stereocenters. The van der Waals surface area contributed by atoms with Gasteiger partial charge in [-0.15, -0.1) is 0 Å². The third-order valence-electron chi connectivity index (χ3n) is 1.29. The van der Waals surface area contributed by atoms with Crippen LogP contribution in [0.25, 0.3) is 0 Å². The number of anilines is 1. The first kappa shape index (κ1) is 9.95. The van der Waals surface area contributed by atoms with Crippen molar-refractivity contribution in [2.45, 2.75) is 0 Å². The normalized spacial score (nSPS) is 9.69. The van der Waals surface area contributed by atoms with Gasteiger partial charge in [-0.1, -0.05) is 11.6 Å². The van der Waals surface area contributed by atoms with E-state index >= 15 is 0 Å². The van der Waals surface area contributed by atoms with E-state index in [1.54, 1.807) is 12.1 Å². The average molecular weight is 201 g/mol. The molecule has 0 bridgehead atoms. The number of amides is 1. The van der Waals surface area contributed by atoms with Crippen molar-refractivity contribution in [3.63, 3.8) is 0 Å². The van der Waals surface area contributed by atoms with Crippen molar-refractivity contribution >= 4 is 23.2 Å². The van der Waals surface area contributed by atoms with Crippen LogP contribution in [-0.2, 0) is 9.53 Å². The zero-order chi connectivity index (χ0) is 9.68. The zero-order valence-corrected chi connectivity index (χ0v) is 7.84. The van der Waals surface area contributed by atoms with E-state index in [0.29, 0.717) is 10.8 Å². The van der Waals surface area contributed by atoms with Gasteiger partial charge in [-0.05, 0) is 12.1 Å². The molecule has 5 heteroatoms. The molecule has 70 valence electrons. The molecule has 0 aliphatic rings.